The Hall–Kier alpha value is -1.22. The Morgan fingerprint density at radius 1 is 1.39 bits per heavy atom. The molecule has 98 valence electrons. The largest absolute Gasteiger partial charge is 0.507 e. The predicted molar refractivity (Wildman–Crippen MR) is 71.3 cm³/mol. The SMILES string of the molecule is Cc1cc2c(c(CC3CCNCC3)c1O)CCO2. The molecule has 0 atom stereocenters. The van der Waals surface area contributed by atoms with Gasteiger partial charge in [-0.25, -0.2) is 0 Å². The molecule has 1 fully saturated rings. The van der Waals surface area contributed by atoms with Crippen LogP contribution in [0.5, 0.6) is 11.5 Å². The average Bonchev–Trinajstić information content (AvgIpc) is 2.84. The van der Waals surface area contributed by atoms with Crippen LogP contribution in [0.4, 0.5) is 0 Å². The maximum atomic E-state index is 10.3. The Morgan fingerprint density at radius 3 is 2.94 bits per heavy atom. The van der Waals surface area contributed by atoms with Crippen molar-refractivity contribution >= 4 is 0 Å². The van der Waals surface area contributed by atoms with Crippen molar-refractivity contribution in [3.05, 3.63) is 22.8 Å². The molecule has 1 aromatic carbocycles. The summed E-state index contributed by atoms with van der Waals surface area (Å²) in [5.41, 5.74) is 3.34. The van der Waals surface area contributed by atoms with Gasteiger partial charge in [0.1, 0.15) is 11.5 Å². The van der Waals surface area contributed by atoms with E-state index in [-0.39, 0.29) is 0 Å². The Labute approximate surface area is 108 Å². The molecule has 0 spiro atoms. The molecule has 0 radical (unpaired) electrons. The summed E-state index contributed by atoms with van der Waals surface area (Å²) in [5.74, 6) is 2.19. The minimum atomic E-state index is 0.498. The van der Waals surface area contributed by atoms with E-state index in [1.807, 2.05) is 13.0 Å². The third kappa shape index (κ3) is 2.07. The number of fused-ring (bicyclic) bond motifs is 1. The molecule has 3 nitrogen and oxygen atoms in total. The van der Waals surface area contributed by atoms with Gasteiger partial charge in [-0.15, -0.1) is 0 Å². The summed E-state index contributed by atoms with van der Waals surface area (Å²) in [4.78, 5) is 0. The third-order valence-corrected chi connectivity index (χ3v) is 4.23. The highest BCUT2D eigenvalue weighted by atomic mass is 16.5. The first-order chi connectivity index (χ1) is 8.75. The molecule has 3 rings (SSSR count). The fourth-order valence-corrected chi connectivity index (χ4v) is 3.14. The Bertz CT molecular complexity index is 450. The Kier molecular flexibility index (Phi) is 3.16. The first kappa shape index (κ1) is 11.8. The van der Waals surface area contributed by atoms with Gasteiger partial charge in [0.25, 0.3) is 0 Å². The molecule has 0 bridgehead atoms. The van der Waals surface area contributed by atoms with E-state index in [1.54, 1.807) is 0 Å². The van der Waals surface area contributed by atoms with Crippen LogP contribution in [0.25, 0.3) is 0 Å². The number of hydrogen-bond donors (Lipinski definition) is 2. The Morgan fingerprint density at radius 2 is 2.17 bits per heavy atom. The van der Waals surface area contributed by atoms with Crippen LogP contribution in [-0.2, 0) is 12.8 Å². The second-order valence-electron chi connectivity index (χ2n) is 5.49. The molecule has 1 aromatic rings. The van der Waals surface area contributed by atoms with Crippen LogP contribution < -0.4 is 10.1 Å². The lowest BCUT2D eigenvalue weighted by atomic mass is 9.87. The van der Waals surface area contributed by atoms with Crippen LogP contribution in [0.1, 0.15) is 29.5 Å². The minimum absolute atomic E-state index is 0.498. The summed E-state index contributed by atoms with van der Waals surface area (Å²) in [5, 5.41) is 13.7. The maximum Gasteiger partial charge on any atom is 0.123 e. The molecule has 0 unspecified atom stereocenters. The molecular weight excluding hydrogens is 226 g/mol. The average molecular weight is 247 g/mol. The van der Waals surface area contributed by atoms with Gasteiger partial charge in [-0.05, 0) is 56.8 Å². The van der Waals surface area contributed by atoms with Crippen molar-refractivity contribution in [3.8, 4) is 11.5 Å². The zero-order valence-corrected chi connectivity index (χ0v) is 11.0. The van der Waals surface area contributed by atoms with Gasteiger partial charge in [-0.3, -0.25) is 0 Å². The molecular formula is C15H21NO2. The molecule has 2 N–H and O–H groups in total. The quantitative estimate of drug-likeness (QED) is 0.841. The number of aryl methyl sites for hydroxylation is 1. The highest BCUT2D eigenvalue weighted by Gasteiger charge is 2.24. The number of phenols is 1. The fourth-order valence-electron chi connectivity index (χ4n) is 3.14. The van der Waals surface area contributed by atoms with Crippen molar-refractivity contribution < 1.29 is 9.84 Å². The van der Waals surface area contributed by atoms with E-state index in [4.69, 9.17) is 4.74 Å². The van der Waals surface area contributed by atoms with E-state index >= 15 is 0 Å². The molecule has 18 heavy (non-hydrogen) atoms. The smallest absolute Gasteiger partial charge is 0.123 e. The summed E-state index contributed by atoms with van der Waals surface area (Å²) >= 11 is 0. The van der Waals surface area contributed by atoms with Gasteiger partial charge < -0.3 is 15.2 Å². The van der Waals surface area contributed by atoms with Crippen molar-refractivity contribution in [1.82, 2.24) is 5.32 Å². The van der Waals surface area contributed by atoms with Gasteiger partial charge in [0, 0.05) is 17.5 Å². The molecule has 0 aliphatic carbocycles. The Balaban J connectivity index is 1.90. The summed E-state index contributed by atoms with van der Waals surface area (Å²) in [7, 11) is 0. The lowest BCUT2D eigenvalue weighted by Gasteiger charge is -2.24. The first-order valence-corrected chi connectivity index (χ1v) is 6.93. The standard InChI is InChI=1S/C15H21NO2/c1-10-8-14-12(4-7-18-14)13(15(10)17)9-11-2-5-16-6-3-11/h8,11,16-17H,2-7,9H2,1H3. The number of rotatable bonds is 2. The van der Waals surface area contributed by atoms with Crippen LogP contribution in [0.3, 0.4) is 0 Å². The molecule has 3 heteroatoms. The number of aromatic hydroxyl groups is 1. The van der Waals surface area contributed by atoms with Gasteiger partial charge in [0.2, 0.25) is 0 Å². The van der Waals surface area contributed by atoms with E-state index < -0.39 is 0 Å². The number of piperidine rings is 1. The molecule has 2 aliphatic heterocycles. The van der Waals surface area contributed by atoms with Crippen LogP contribution in [-0.4, -0.2) is 24.8 Å². The van der Waals surface area contributed by atoms with Crippen LogP contribution in [0, 0.1) is 12.8 Å². The molecule has 1 saturated heterocycles. The van der Waals surface area contributed by atoms with Gasteiger partial charge in [0.05, 0.1) is 6.61 Å². The van der Waals surface area contributed by atoms with Crippen molar-refractivity contribution in [2.24, 2.45) is 5.92 Å². The van der Waals surface area contributed by atoms with Gasteiger partial charge in [-0.2, -0.15) is 0 Å². The number of ether oxygens (including phenoxy) is 1. The predicted octanol–water partition coefficient (Wildman–Crippen LogP) is 2.18. The minimum Gasteiger partial charge on any atom is -0.507 e. The third-order valence-electron chi connectivity index (χ3n) is 4.23. The number of hydrogen-bond acceptors (Lipinski definition) is 3. The lowest BCUT2D eigenvalue weighted by molar-refractivity contribution is 0.356. The van der Waals surface area contributed by atoms with E-state index in [9.17, 15) is 5.11 Å². The van der Waals surface area contributed by atoms with E-state index in [0.29, 0.717) is 11.7 Å². The molecule has 2 aliphatic rings. The summed E-state index contributed by atoms with van der Waals surface area (Å²) in [6.45, 7) is 4.94. The maximum absolute atomic E-state index is 10.3. The summed E-state index contributed by atoms with van der Waals surface area (Å²) in [6.07, 6.45) is 4.37. The second kappa shape index (κ2) is 4.81. The lowest BCUT2D eigenvalue weighted by Crippen LogP contribution is -2.28. The van der Waals surface area contributed by atoms with Crippen molar-refractivity contribution in [2.75, 3.05) is 19.7 Å². The topological polar surface area (TPSA) is 41.5 Å². The summed E-state index contributed by atoms with van der Waals surface area (Å²) in [6, 6.07) is 1.98. The zero-order valence-electron chi connectivity index (χ0n) is 11.0. The van der Waals surface area contributed by atoms with Crippen molar-refractivity contribution in [1.29, 1.82) is 0 Å². The van der Waals surface area contributed by atoms with Crippen LogP contribution in [0.2, 0.25) is 0 Å². The number of benzene rings is 1. The molecule has 2 heterocycles. The molecule has 0 amide bonds. The van der Waals surface area contributed by atoms with E-state index in [1.165, 1.54) is 18.4 Å². The van der Waals surface area contributed by atoms with Gasteiger partial charge >= 0.3 is 0 Å². The summed E-state index contributed by atoms with van der Waals surface area (Å²) < 4.78 is 5.64. The number of nitrogens with one attached hydrogen (secondary N) is 1. The van der Waals surface area contributed by atoms with E-state index in [2.05, 4.69) is 5.32 Å². The zero-order chi connectivity index (χ0) is 12.5. The normalized spacial score (nSPS) is 19.6. The highest BCUT2D eigenvalue weighted by molar-refractivity contribution is 5.54. The van der Waals surface area contributed by atoms with Crippen molar-refractivity contribution in [2.45, 2.75) is 32.6 Å². The van der Waals surface area contributed by atoms with Crippen molar-refractivity contribution in [3.63, 3.8) is 0 Å². The van der Waals surface area contributed by atoms with Crippen LogP contribution >= 0.6 is 0 Å². The van der Waals surface area contributed by atoms with Gasteiger partial charge in [0.15, 0.2) is 0 Å². The second-order valence-corrected chi connectivity index (χ2v) is 5.49. The number of phenolic OH excluding ortho intramolecular Hbond substituents is 1. The fraction of sp³-hybridized carbons (Fsp3) is 0.600. The monoisotopic (exact) mass is 247 g/mol. The first-order valence-electron chi connectivity index (χ1n) is 6.93. The van der Waals surface area contributed by atoms with Gasteiger partial charge in [-0.1, -0.05) is 0 Å². The molecule has 0 aromatic heterocycles. The van der Waals surface area contributed by atoms with E-state index in [0.717, 1.165) is 49.4 Å². The van der Waals surface area contributed by atoms with Crippen LogP contribution in [0.15, 0.2) is 6.07 Å². The highest BCUT2D eigenvalue weighted by Crippen LogP contribution is 2.38. The molecule has 0 saturated carbocycles.